The van der Waals surface area contributed by atoms with Crippen LogP contribution in [0.1, 0.15) is 50.3 Å². The molecule has 2 heteroatoms. The summed E-state index contributed by atoms with van der Waals surface area (Å²) in [6, 6.07) is 9.37. The van der Waals surface area contributed by atoms with Gasteiger partial charge in [0.25, 0.3) is 0 Å². The van der Waals surface area contributed by atoms with Crippen molar-refractivity contribution in [1.82, 2.24) is 5.32 Å². The lowest BCUT2D eigenvalue weighted by molar-refractivity contribution is 0.0971. The van der Waals surface area contributed by atoms with Gasteiger partial charge in [0.2, 0.25) is 0 Å². The van der Waals surface area contributed by atoms with Crippen molar-refractivity contribution in [2.75, 3.05) is 13.2 Å². The molecule has 0 amide bonds. The molecule has 2 atom stereocenters. The van der Waals surface area contributed by atoms with Gasteiger partial charge in [0, 0.05) is 19.2 Å². The van der Waals surface area contributed by atoms with Crippen LogP contribution < -0.4 is 5.32 Å². The Labute approximate surface area is 116 Å². The maximum absolute atomic E-state index is 5.74. The van der Waals surface area contributed by atoms with Gasteiger partial charge in [-0.15, -0.1) is 0 Å². The average Bonchev–Trinajstić information content (AvgIpc) is 2.90. The molecule has 2 aliphatic rings. The molecule has 1 aliphatic carbocycles. The van der Waals surface area contributed by atoms with Gasteiger partial charge in [0.15, 0.2) is 0 Å². The highest BCUT2D eigenvalue weighted by Crippen LogP contribution is 2.43. The van der Waals surface area contributed by atoms with Gasteiger partial charge in [-0.25, -0.2) is 0 Å². The first-order chi connectivity index (χ1) is 9.17. The SMILES string of the molecule is CC1(C)CCc2ccccc2C1NCC1CCCO1. The average molecular weight is 259 g/mol. The zero-order valence-corrected chi connectivity index (χ0v) is 12.1. The van der Waals surface area contributed by atoms with Crippen LogP contribution in [0.2, 0.25) is 0 Å². The van der Waals surface area contributed by atoms with Gasteiger partial charge >= 0.3 is 0 Å². The topological polar surface area (TPSA) is 21.3 Å². The highest BCUT2D eigenvalue weighted by atomic mass is 16.5. The van der Waals surface area contributed by atoms with Crippen LogP contribution in [-0.4, -0.2) is 19.3 Å². The number of rotatable bonds is 3. The lowest BCUT2D eigenvalue weighted by Crippen LogP contribution is -2.41. The van der Waals surface area contributed by atoms with Gasteiger partial charge < -0.3 is 10.1 Å². The molecule has 0 aromatic heterocycles. The molecule has 104 valence electrons. The zero-order chi connectivity index (χ0) is 13.3. The third kappa shape index (κ3) is 2.70. The summed E-state index contributed by atoms with van der Waals surface area (Å²) >= 11 is 0. The molecule has 0 radical (unpaired) electrons. The number of ether oxygens (including phenoxy) is 1. The minimum absolute atomic E-state index is 0.326. The molecule has 0 spiro atoms. The number of nitrogens with one attached hydrogen (secondary N) is 1. The van der Waals surface area contributed by atoms with E-state index in [1.807, 2.05) is 0 Å². The number of benzene rings is 1. The fourth-order valence-electron chi connectivity index (χ4n) is 3.51. The Balaban J connectivity index is 1.76. The minimum atomic E-state index is 0.326. The summed E-state index contributed by atoms with van der Waals surface area (Å²) in [7, 11) is 0. The van der Waals surface area contributed by atoms with Crippen LogP contribution in [0.25, 0.3) is 0 Å². The fourth-order valence-corrected chi connectivity index (χ4v) is 3.51. The summed E-state index contributed by atoms with van der Waals surface area (Å²) in [5, 5.41) is 3.78. The predicted molar refractivity (Wildman–Crippen MR) is 78.3 cm³/mol. The second kappa shape index (κ2) is 5.26. The molecule has 0 saturated carbocycles. The van der Waals surface area contributed by atoms with Gasteiger partial charge in [0.05, 0.1) is 6.10 Å². The van der Waals surface area contributed by atoms with Crippen molar-refractivity contribution < 1.29 is 4.74 Å². The van der Waals surface area contributed by atoms with E-state index in [-0.39, 0.29) is 0 Å². The van der Waals surface area contributed by atoms with Crippen LogP contribution in [-0.2, 0) is 11.2 Å². The number of hydrogen-bond donors (Lipinski definition) is 1. The van der Waals surface area contributed by atoms with Crippen molar-refractivity contribution in [3.05, 3.63) is 35.4 Å². The van der Waals surface area contributed by atoms with Crippen molar-refractivity contribution in [3.8, 4) is 0 Å². The number of hydrogen-bond acceptors (Lipinski definition) is 2. The van der Waals surface area contributed by atoms with Crippen LogP contribution in [0, 0.1) is 5.41 Å². The van der Waals surface area contributed by atoms with Gasteiger partial charge in [-0.1, -0.05) is 38.1 Å². The quantitative estimate of drug-likeness (QED) is 0.897. The van der Waals surface area contributed by atoms with Crippen LogP contribution in [0.4, 0.5) is 0 Å². The van der Waals surface area contributed by atoms with Crippen molar-refractivity contribution in [2.24, 2.45) is 5.41 Å². The van der Waals surface area contributed by atoms with E-state index >= 15 is 0 Å². The third-order valence-corrected chi connectivity index (χ3v) is 4.76. The number of fused-ring (bicyclic) bond motifs is 1. The predicted octanol–water partition coefficient (Wildman–Crippen LogP) is 3.47. The van der Waals surface area contributed by atoms with E-state index in [1.165, 1.54) is 36.8 Å². The fraction of sp³-hybridized carbons (Fsp3) is 0.647. The molecule has 1 aromatic carbocycles. The van der Waals surface area contributed by atoms with Crippen molar-refractivity contribution in [1.29, 1.82) is 0 Å². The standard InChI is InChI=1S/C17H25NO/c1-17(2)10-9-13-6-3-4-8-15(13)16(17)18-12-14-7-5-11-19-14/h3-4,6,8,14,16,18H,5,7,9-12H2,1-2H3. The highest BCUT2D eigenvalue weighted by molar-refractivity contribution is 5.34. The van der Waals surface area contributed by atoms with Crippen LogP contribution in [0.15, 0.2) is 24.3 Å². The molecule has 3 rings (SSSR count). The normalized spacial score (nSPS) is 29.2. The van der Waals surface area contributed by atoms with E-state index in [4.69, 9.17) is 4.74 Å². The summed E-state index contributed by atoms with van der Waals surface area (Å²) in [5.41, 5.74) is 3.34. The molecule has 1 heterocycles. The molecule has 1 N–H and O–H groups in total. The van der Waals surface area contributed by atoms with Gasteiger partial charge in [-0.05, 0) is 42.2 Å². The molecule has 2 unspecified atom stereocenters. The van der Waals surface area contributed by atoms with Gasteiger partial charge in [0.1, 0.15) is 0 Å². The van der Waals surface area contributed by atoms with E-state index < -0.39 is 0 Å². The Morgan fingerprint density at radius 2 is 2.16 bits per heavy atom. The number of aryl methyl sites for hydroxylation is 1. The first-order valence-corrected chi connectivity index (χ1v) is 7.59. The Hall–Kier alpha value is -0.860. The first kappa shape index (κ1) is 13.1. The maximum Gasteiger partial charge on any atom is 0.0700 e. The molecule has 2 nitrogen and oxygen atoms in total. The molecule has 0 bridgehead atoms. The lowest BCUT2D eigenvalue weighted by Gasteiger charge is -2.41. The summed E-state index contributed by atoms with van der Waals surface area (Å²) in [5.74, 6) is 0. The van der Waals surface area contributed by atoms with Crippen LogP contribution >= 0.6 is 0 Å². The lowest BCUT2D eigenvalue weighted by atomic mass is 9.70. The molecule has 19 heavy (non-hydrogen) atoms. The maximum atomic E-state index is 5.74. The molecular formula is C17H25NO. The second-order valence-corrected chi connectivity index (χ2v) is 6.66. The van der Waals surface area contributed by atoms with Crippen molar-refractivity contribution >= 4 is 0 Å². The Kier molecular flexibility index (Phi) is 3.64. The third-order valence-electron chi connectivity index (χ3n) is 4.76. The van der Waals surface area contributed by atoms with Crippen molar-refractivity contribution in [3.63, 3.8) is 0 Å². The minimum Gasteiger partial charge on any atom is -0.377 e. The molecular weight excluding hydrogens is 234 g/mol. The molecule has 1 fully saturated rings. The van der Waals surface area contributed by atoms with Crippen molar-refractivity contribution in [2.45, 2.75) is 51.7 Å². The van der Waals surface area contributed by atoms with E-state index in [2.05, 4.69) is 43.4 Å². The van der Waals surface area contributed by atoms with Crippen LogP contribution in [0.3, 0.4) is 0 Å². The monoisotopic (exact) mass is 259 g/mol. The molecule has 1 aromatic rings. The Bertz CT molecular complexity index is 435. The summed E-state index contributed by atoms with van der Waals surface area (Å²) in [6.45, 7) is 6.70. The largest absolute Gasteiger partial charge is 0.377 e. The van der Waals surface area contributed by atoms with E-state index in [0.717, 1.165) is 13.2 Å². The molecule has 1 saturated heterocycles. The van der Waals surface area contributed by atoms with Crippen LogP contribution in [0.5, 0.6) is 0 Å². The second-order valence-electron chi connectivity index (χ2n) is 6.66. The van der Waals surface area contributed by atoms with Gasteiger partial charge in [-0.3, -0.25) is 0 Å². The zero-order valence-electron chi connectivity index (χ0n) is 12.1. The smallest absolute Gasteiger partial charge is 0.0700 e. The Morgan fingerprint density at radius 3 is 2.95 bits per heavy atom. The molecule has 1 aliphatic heterocycles. The van der Waals surface area contributed by atoms with Gasteiger partial charge in [-0.2, -0.15) is 0 Å². The Morgan fingerprint density at radius 1 is 1.32 bits per heavy atom. The highest BCUT2D eigenvalue weighted by Gasteiger charge is 2.35. The van der Waals surface area contributed by atoms with E-state index in [0.29, 0.717) is 17.6 Å². The van der Waals surface area contributed by atoms with E-state index in [1.54, 1.807) is 0 Å². The first-order valence-electron chi connectivity index (χ1n) is 7.59. The summed E-state index contributed by atoms with van der Waals surface area (Å²) < 4.78 is 5.74. The summed E-state index contributed by atoms with van der Waals surface area (Å²) in [4.78, 5) is 0. The van der Waals surface area contributed by atoms with E-state index in [9.17, 15) is 0 Å². The summed E-state index contributed by atoms with van der Waals surface area (Å²) in [6.07, 6.45) is 5.32.